The summed E-state index contributed by atoms with van der Waals surface area (Å²) < 4.78 is 22.3. The van der Waals surface area contributed by atoms with Gasteiger partial charge in [-0.1, -0.05) is 0 Å². The predicted octanol–water partition coefficient (Wildman–Crippen LogP) is -0.792. The quantitative estimate of drug-likeness (QED) is 0.700. The first-order valence-electron chi connectivity index (χ1n) is 5.81. The molecular formula is C10H16N2O6S. The second-order valence-electron chi connectivity index (χ2n) is 4.24. The van der Waals surface area contributed by atoms with E-state index in [1.165, 1.54) is 4.90 Å². The minimum atomic E-state index is -3.07. The zero-order valence-electron chi connectivity index (χ0n) is 10.3. The number of hydrogen-bond acceptors (Lipinski definition) is 5. The molecule has 1 aliphatic rings. The van der Waals surface area contributed by atoms with E-state index in [1.807, 2.05) is 0 Å². The molecule has 0 aliphatic carbocycles. The van der Waals surface area contributed by atoms with Crippen LogP contribution in [0.2, 0.25) is 0 Å². The summed E-state index contributed by atoms with van der Waals surface area (Å²) in [5.41, 5.74) is 0. The topological polar surface area (TPSA) is 121 Å². The molecule has 0 atom stereocenters. The maximum atomic E-state index is 11.6. The Bertz CT molecular complexity index is 458. The first kappa shape index (κ1) is 15.4. The van der Waals surface area contributed by atoms with E-state index in [4.69, 9.17) is 5.11 Å². The normalized spacial score (nSPS) is 17.8. The lowest BCUT2D eigenvalue weighted by Gasteiger charge is -2.26. The monoisotopic (exact) mass is 292 g/mol. The molecule has 108 valence electrons. The van der Waals surface area contributed by atoms with Crippen molar-refractivity contribution in [3.63, 3.8) is 0 Å². The fourth-order valence-electron chi connectivity index (χ4n) is 1.58. The molecule has 19 heavy (non-hydrogen) atoms. The molecule has 0 spiro atoms. The van der Waals surface area contributed by atoms with Crippen LogP contribution in [0.5, 0.6) is 0 Å². The van der Waals surface area contributed by atoms with Gasteiger partial charge in [-0.3, -0.25) is 14.9 Å². The summed E-state index contributed by atoms with van der Waals surface area (Å²) in [6, 6.07) is -0.629. The number of nitrogens with zero attached hydrogens (tertiary/aromatic N) is 1. The van der Waals surface area contributed by atoms with Gasteiger partial charge in [-0.15, -0.1) is 0 Å². The summed E-state index contributed by atoms with van der Waals surface area (Å²) in [5.74, 6) is -1.76. The van der Waals surface area contributed by atoms with Crippen LogP contribution in [0.3, 0.4) is 0 Å². The van der Waals surface area contributed by atoms with Crippen LogP contribution in [-0.4, -0.2) is 60.9 Å². The lowest BCUT2D eigenvalue weighted by Crippen LogP contribution is -2.49. The Balaban J connectivity index is 2.31. The summed E-state index contributed by atoms with van der Waals surface area (Å²) in [5, 5.41) is 10.5. The van der Waals surface area contributed by atoms with Crippen LogP contribution in [0.25, 0.3) is 0 Å². The van der Waals surface area contributed by atoms with Gasteiger partial charge in [0.1, 0.15) is 0 Å². The first-order chi connectivity index (χ1) is 8.80. The average molecular weight is 292 g/mol. The van der Waals surface area contributed by atoms with Gasteiger partial charge in [-0.2, -0.15) is 0 Å². The smallest absolute Gasteiger partial charge is 0.324 e. The van der Waals surface area contributed by atoms with Crippen molar-refractivity contribution in [2.24, 2.45) is 0 Å². The highest BCUT2D eigenvalue weighted by atomic mass is 32.2. The Labute approximate surface area is 110 Å². The molecule has 9 heteroatoms. The van der Waals surface area contributed by atoms with E-state index in [2.05, 4.69) is 5.32 Å². The minimum absolute atomic E-state index is 0.0514. The van der Waals surface area contributed by atoms with Crippen molar-refractivity contribution in [2.45, 2.75) is 19.3 Å². The van der Waals surface area contributed by atoms with Crippen LogP contribution in [0.15, 0.2) is 0 Å². The van der Waals surface area contributed by atoms with Crippen molar-refractivity contribution in [1.29, 1.82) is 0 Å². The third kappa shape index (κ3) is 5.69. The number of carboxylic acids is 1. The highest BCUT2D eigenvalue weighted by Gasteiger charge is 2.25. The number of urea groups is 1. The molecule has 1 fully saturated rings. The average Bonchev–Trinajstić information content (AvgIpc) is 2.27. The Hall–Kier alpha value is -1.64. The van der Waals surface area contributed by atoms with Gasteiger partial charge in [0, 0.05) is 25.9 Å². The van der Waals surface area contributed by atoms with Gasteiger partial charge in [-0.05, 0) is 6.42 Å². The van der Waals surface area contributed by atoms with Gasteiger partial charge in [0.25, 0.3) is 0 Å². The molecule has 0 aromatic heterocycles. The summed E-state index contributed by atoms with van der Waals surface area (Å²) >= 11 is 0. The van der Waals surface area contributed by atoms with Gasteiger partial charge in [0.2, 0.25) is 5.91 Å². The minimum Gasteiger partial charge on any atom is -0.481 e. The van der Waals surface area contributed by atoms with Gasteiger partial charge < -0.3 is 10.0 Å². The van der Waals surface area contributed by atoms with E-state index in [0.29, 0.717) is 0 Å². The van der Waals surface area contributed by atoms with Gasteiger partial charge >= 0.3 is 12.0 Å². The SMILES string of the molecule is O=C(O)CCCC(=O)NC(=O)N1CCS(=O)(=O)CC1. The number of sulfone groups is 1. The number of rotatable bonds is 4. The molecule has 0 unspecified atom stereocenters. The van der Waals surface area contributed by atoms with Crippen LogP contribution < -0.4 is 5.32 Å². The van der Waals surface area contributed by atoms with Crippen LogP contribution in [0.4, 0.5) is 4.79 Å². The molecule has 1 saturated heterocycles. The molecule has 8 nitrogen and oxygen atoms in total. The fourth-order valence-corrected chi connectivity index (χ4v) is 2.78. The number of amides is 3. The van der Waals surface area contributed by atoms with E-state index < -0.39 is 27.7 Å². The summed E-state index contributed by atoms with van der Waals surface area (Å²) in [4.78, 5) is 34.4. The number of carbonyl (C=O) groups excluding carboxylic acids is 2. The van der Waals surface area contributed by atoms with Crippen molar-refractivity contribution in [3.05, 3.63) is 0 Å². The number of carboxylic acid groups (broad SMARTS) is 1. The number of imide groups is 1. The number of hydrogen-bond donors (Lipinski definition) is 2. The van der Waals surface area contributed by atoms with Crippen LogP contribution in [-0.2, 0) is 19.4 Å². The zero-order chi connectivity index (χ0) is 14.5. The Morgan fingerprint density at radius 1 is 1.11 bits per heavy atom. The van der Waals surface area contributed by atoms with Gasteiger partial charge in [0.05, 0.1) is 11.5 Å². The van der Waals surface area contributed by atoms with Crippen molar-refractivity contribution < 1.29 is 27.9 Å². The van der Waals surface area contributed by atoms with E-state index in [0.717, 1.165) is 0 Å². The molecule has 1 heterocycles. The molecule has 0 saturated carbocycles. The molecule has 0 aromatic rings. The molecule has 2 N–H and O–H groups in total. The lowest BCUT2D eigenvalue weighted by molar-refractivity contribution is -0.137. The summed E-state index contributed by atoms with van der Waals surface area (Å²) in [6.45, 7) is 0.132. The van der Waals surface area contributed by atoms with E-state index >= 15 is 0 Å². The molecule has 0 radical (unpaired) electrons. The third-order valence-corrected chi connectivity index (χ3v) is 4.28. The molecular weight excluding hydrogens is 276 g/mol. The first-order valence-corrected chi connectivity index (χ1v) is 7.63. The second kappa shape index (κ2) is 6.50. The standard InChI is InChI=1S/C10H16N2O6S/c13-8(2-1-3-9(14)15)11-10(16)12-4-6-19(17,18)7-5-12/h1-7H2,(H,14,15)(H,11,13,16). The summed E-state index contributed by atoms with van der Waals surface area (Å²) in [6.07, 6.45) is -0.0312. The Morgan fingerprint density at radius 2 is 1.68 bits per heavy atom. The molecule has 0 bridgehead atoms. The Kier molecular flexibility index (Phi) is 5.28. The van der Waals surface area contributed by atoms with Crippen molar-refractivity contribution in [3.8, 4) is 0 Å². The van der Waals surface area contributed by atoms with Gasteiger partial charge in [0.15, 0.2) is 9.84 Å². The van der Waals surface area contributed by atoms with Crippen molar-refractivity contribution >= 4 is 27.7 Å². The van der Waals surface area contributed by atoms with Crippen molar-refractivity contribution in [1.82, 2.24) is 10.2 Å². The van der Waals surface area contributed by atoms with Gasteiger partial charge in [-0.25, -0.2) is 13.2 Å². The van der Waals surface area contributed by atoms with E-state index in [9.17, 15) is 22.8 Å². The fraction of sp³-hybridized carbons (Fsp3) is 0.700. The highest BCUT2D eigenvalue weighted by molar-refractivity contribution is 7.91. The second-order valence-corrected chi connectivity index (χ2v) is 6.54. The number of carbonyl (C=O) groups is 3. The lowest BCUT2D eigenvalue weighted by atomic mass is 10.2. The molecule has 3 amide bonds. The maximum Gasteiger partial charge on any atom is 0.324 e. The van der Waals surface area contributed by atoms with Crippen LogP contribution >= 0.6 is 0 Å². The molecule has 1 rings (SSSR count). The third-order valence-electron chi connectivity index (χ3n) is 2.67. The maximum absolute atomic E-state index is 11.6. The van der Waals surface area contributed by atoms with E-state index in [-0.39, 0.29) is 43.9 Å². The summed E-state index contributed by atoms with van der Waals surface area (Å²) in [7, 11) is -3.07. The predicted molar refractivity (Wildman–Crippen MR) is 65.3 cm³/mol. The largest absolute Gasteiger partial charge is 0.481 e. The van der Waals surface area contributed by atoms with Crippen molar-refractivity contribution in [2.75, 3.05) is 24.6 Å². The van der Waals surface area contributed by atoms with E-state index in [1.54, 1.807) is 0 Å². The Morgan fingerprint density at radius 3 is 2.21 bits per heavy atom. The molecule has 1 aliphatic heterocycles. The highest BCUT2D eigenvalue weighted by Crippen LogP contribution is 2.04. The zero-order valence-corrected chi connectivity index (χ0v) is 11.1. The molecule has 0 aromatic carbocycles. The van der Waals surface area contributed by atoms with Crippen LogP contribution in [0, 0.1) is 0 Å². The number of nitrogens with one attached hydrogen (secondary N) is 1. The number of aliphatic carboxylic acids is 1. The van der Waals surface area contributed by atoms with Crippen LogP contribution in [0.1, 0.15) is 19.3 Å².